The van der Waals surface area contributed by atoms with Gasteiger partial charge in [-0.25, -0.2) is 4.98 Å². The van der Waals surface area contributed by atoms with Gasteiger partial charge in [0, 0.05) is 5.69 Å². The molecule has 7 nitrogen and oxygen atoms in total. The molecule has 0 saturated carbocycles. The normalized spacial score (nSPS) is 11.2. The van der Waals surface area contributed by atoms with Gasteiger partial charge in [0.05, 0.1) is 7.11 Å². The van der Waals surface area contributed by atoms with Crippen molar-refractivity contribution in [3.05, 3.63) is 47.3 Å². The summed E-state index contributed by atoms with van der Waals surface area (Å²) in [6.45, 7) is 2.06. The molecule has 2 aromatic rings. The number of nitrogens with zero attached hydrogens (tertiary/aromatic N) is 3. The van der Waals surface area contributed by atoms with Crippen molar-refractivity contribution in [2.45, 2.75) is 13.5 Å². The lowest BCUT2D eigenvalue weighted by molar-refractivity contribution is 0.279. The summed E-state index contributed by atoms with van der Waals surface area (Å²) in [5, 5.41) is 11.6. The zero-order valence-electron chi connectivity index (χ0n) is 11.8. The van der Waals surface area contributed by atoms with Crippen molar-refractivity contribution in [1.29, 1.82) is 0 Å². The number of hydrogen-bond acceptors (Lipinski definition) is 6. The zero-order valence-corrected chi connectivity index (χ0v) is 11.8. The lowest BCUT2D eigenvalue weighted by Gasteiger charge is -2.08. The number of aromatic nitrogens is 2. The highest BCUT2D eigenvalue weighted by Gasteiger charge is 2.07. The number of rotatable bonds is 5. The molecule has 0 atom stereocenters. The van der Waals surface area contributed by atoms with Crippen LogP contribution in [-0.2, 0) is 6.61 Å². The van der Waals surface area contributed by atoms with Gasteiger partial charge < -0.3 is 20.4 Å². The van der Waals surface area contributed by atoms with Gasteiger partial charge in [-0.05, 0) is 30.7 Å². The third kappa shape index (κ3) is 3.82. The maximum Gasteiger partial charge on any atom is 0.317 e. The summed E-state index contributed by atoms with van der Waals surface area (Å²) < 4.78 is 10.7. The highest BCUT2D eigenvalue weighted by Crippen LogP contribution is 2.15. The number of amidine groups is 1. The Balaban J connectivity index is 2.14. The highest BCUT2D eigenvalue weighted by molar-refractivity contribution is 5.95. The van der Waals surface area contributed by atoms with E-state index in [-0.39, 0.29) is 18.5 Å². The van der Waals surface area contributed by atoms with Crippen molar-refractivity contribution >= 4 is 5.84 Å². The van der Waals surface area contributed by atoms with Crippen LogP contribution in [0.1, 0.15) is 17.0 Å². The van der Waals surface area contributed by atoms with E-state index in [1.165, 1.54) is 0 Å². The summed E-state index contributed by atoms with van der Waals surface area (Å²) in [4.78, 5) is 8.23. The molecular formula is C14H16N4O3. The van der Waals surface area contributed by atoms with Crippen molar-refractivity contribution in [1.82, 2.24) is 9.97 Å². The van der Waals surface area contributed by atoms with Gasteiger partial charge in [-0.3, -0.25) is 0 Å². The van der Waals surface area contributed by atoms with Crippen molar-refractivity contribution in [2.24, 2.45) is 10.9 Å². The molecule has 0 radical (unpaired) electrons. The SMILES string of the molecule is COc1cccc(COc2nc(C)cc(/C(N)=N/O)n2)c1. The number of methoxy groups -OCH3 is 1. The van der Waals surface area contributed by atoms with Gasteiger partial charge in [0.1, 0.15) is 18.1 Å². The molecule has 1 aromatic heterocycles. The van der Waals surface area contributed by atoms with E-state index in [1.54, 1.807) is 20.1 Å². The van der Waals surface area contributed by atoms with Gasteiger partial charge in [-0.1, -0.05) is 17.3 Å². The first-order valence-corrected chi connectivity index (χ1v) is 6.21. The van der Waals surface area contributed by atoms with Crippen LogP contribution >= 0.6 is 0 Å². The van der Waals surface area contributed by atoms with Crippen LogP contribution in [0, 0.1) is 6.92 Å². The van der Waals surface area contributed by atoms with Crippen LogP contribution in [0.5, 0.6) is 11.8 Å². The Morgan fingerprint density at radius 2 is 2.14 bits per heavy atom. The molecule has 110 valence electrons. The monoisotopic (exact) mass is 288 g/mol. The van der Waals surface area contributed by atoms with Crippen molar-refractivity contribution in [2.75, 3.05) is 7.11 Å². The average molecular weight is 288 g/mol. The molecule has 0 unspecified atom stereocenters. The molecule has 0 spiro atoms. The van der Waals surface area contributed by atoms with E-state index in [9.17, 15) is 0 Å². The molecular weight excluding hydrogens is 272 g/mol. The number of ether oxygens (including phenoxy) is 2. The topological polar surface area (TPSA) is 103 Å². The Bertz CT molecular complexity index is 658. The van der Waals surface area contributed by atoms with Gasteiger partial charge in [0.25, 0.3) is 0 Å². The number of aryl methyl sites for hydroxylation is 1. The van der Waals surface area contributed by atoms with Crippen LogP contribution in [0.2, 0.25) is 0 Å². The second-order valence-electron chi connectivity index (χ2n) is 4.30. The minimum absolute atomic E-state index is 0.0910. The minimum atomic E-state index is -0.0910. The molecule has 1 heterocycles. The number of benzene rings is 1. The summed E-state index contributed by atoms with van der Waals surface area (Å²) in [5.74, 6) is 0.658. The van der Waals surface area contributed by atoms with E-state index in [1.807, 2.05) is 24.3 Å². The van der Waals surface area contributed by atoms with E-state index in [0.29, 0.717) is 11.4 Å². The van der Waals surface area contributed by atoms with Gasteiger partial charge >= 0.3 is 6.01 Å². The molecule has 7 heteroatoms. The zero-order chi connectivity index (χ0) is 15.2. The van der Waals surface area contributed by atoms with E-state index < -0.39 is 0 Å². The largest absolute Gasteiger partial charge is 0.497 e. The number of nitrogens with two attached hydrogens (primary N) is 1. The molecule has 3 N–H and O–H groups in total. The Labute approximate surface area is 122 Å². The van der Waals surface area contributed by atoms with Crippen molar-refractivity contribution in [3.8, 4) is 11.8 Å². The fourth-order valence-corrected chi connectivity index (χ4v) is 1.70. The average Bonchev–Trinajstić information content (AvgIpc) is 2.51. The van der Waals surface area contributed by atoms with Gasteiger partial charge in [-0.2, -0.15) is 4.98 Å². The summed E-state index contributed by atoms with van der Waals surface area (Å²) in [5.41, 5.74) is 7.41. The van der Waals surface area contributed by atoms with Gasteiger partial charge in [0.2, 0.25) is 0 Å². The standard InChI is InChI=1S/C14H16N4O3/c1-9-6-12(13(15)18-19)17-14(16-9)21-8-10-4-3-5-11(7-10)20-2/h3-7,19H,8H2,1-2H3,(H2,15,18). The molecule has 21 heavy (non-hydrogen) atoms. The molecule has 0 amide bonds. The highest BCUT2D eigenvalue weighted by atomic mass is 16.5. The molecule has 0 aliphatic rings. The van der Waals surface area contributed by atoms with Crippen LogP contribution < -0.4 is 15.2 Å². The minimum Gasteiger partial charge on any atom is -0.497 e. The van der Waals surface area contributed by atoms with Crippen LogP contribution in [-0.4, -0.2) is 28.1 Å². The third-order valence-electron chi connectivity index (χ3n) is 2.71. The van der Waals surface area contributed by atoms with E-state index in [2.05, 4.69) is 15.1 Å². The first-order chi connectivity index (χ1) is 10.1. The molecule has 0 aliphatic carbocycles. The molecule has 1 aromatic carbocycles. The maximum atomic E-state index is 8.68. The molecule has 0 bridgehead atoms. The quantitative estimate of drug-likeness (QED) is 0.374. The van der Waals surface area contributed by atoms with E-state index >= 15 is 0 Å². The fraction of sp³-hybridized carbons (Fsp3) is 0.214. The first kappa shape index (κ1) is 14.6. The molecule has 0 fully saturated rings. The van der Waals surface area contributed by atoms with E-state index in [0.717, 1.165) is 11.3 Å². The molecule has 0 saturated heterocycles. The maximum absolute atomic E-state index is 8.68. The second kappa shape index (κ2) is 6.56. The summed E-state index contributed by atoms with van der Waals surface area (Å²) in [7, 11) is 1.60. The van der Waals surface area contributed by atoms with Crippen LogP contribution in [0.25, 0.3) is 0 Å². The van der Waals surface area contributed by atoms with Gasteiger partial charge in [0.15, 0.2) is 5.84 Å². The Morgan fingerprint density at radius 1 is 1.33 bits per heavy atom. The fourth-order valence-electron chi connectivity index (χ4n) is 1.70. The predicted molar refractivity (Wildman–Crippen MR) is 76.6 cm³/mol. The summed E-state index contributed by atoms with van der Waals surface area (Å²) in [6, 6.07) is 9.26. The van der Waals surface area contributed by atoms with Crippen molar-refractivity contribution in [3.63, 3.8) is 0 Å². The van der Waals surface area contributed by atoms with Crippen molar-refractivity contribution < 1.29 is 14.7 Å². The lowest BCUT2D eigenvalue weighted by atomic mass is 10.2. The predicted octanol–water partition coefficient (Wildman–Crippen LogP) is 1.47. The van der Waals surface area contributed by atoms with Crippen LogP contribution in [0.15, 0.2) is 35.5 Å². The van der Waals surface area contributed by atoms with Crippen LogP contribution in [0.3, 0.4) is 0 Å². The molecule has 0 aliphatic heterocycles. The summed E-state index contributed by atoms with van der Waals surface area (Å²) >= 11 is 0. The Hall–Kier alpha value is -2.83. The summed E-state index contributed by atoms with van der Waals surface area (Å²) in [6.07, 6.45) is 0. The molecule has 2 rings (SSSR count). The smallest absolute Gasteiger partial charge is 0.317 e. The number of hydrogen-bond donors (Lipinski definition) is 2. The lowest BCUT2D eigenvalue weighted by Crippen LogP contribution is -2.16. The number of oxime groups is 1. The Kier molecular flexibility index (Phi) is 4.55. The third-order valence-corrected chi connectivity index (χ3v) is 2.71. The Morgan fingerprint density at radius 3 is 2.86 bits per heavy atom. The first-order valence-electron chi connectivity index (χ1n) is 6.21. The van der Waals surface area contributed by atoms with Gasteiger partial charge in [-0.15, -0.1) is 0 Å². The second-order valence-corrected chi connectivity index (χ2v) is 4.30. The van der Waals surface area contributed by atoms with E-state index in [4.69, 9.17) is 20.4 Å². The van der Waals surface area contributed by atoms with Crippen LogP contribution in [0.4, 0.5) is 0 Å².